The first-order valence-corrected chi connectivity index (χ1v) is 10.0. The van der Waals surface area contributed by atoms with Gasteiger partial charge in [0.15, 0.2) is 0 Å². The molecule has 5 heteroatoms. The lowest BCUT2D eigenvalue weighted by Gasteiger charge is -2.23. The minimum atomic E-state index is -0.699. The molecule has 2 saturated heterocycles. The van der Waals surface area contributed by atoms with E-state index < -0.39 is 17.4 Å². The topological polar surface area (TPSA) is 55.8 Å². The highest BCUT2D eigenvalue weighted by Gasteiger charge is 2.67. The molecule has 5 nitrogen and oxygen atoms in total. The number of anilines is 1. The molecule has 4 rings (SSSR count). The quantitative estimate of drug-likeness (QED) is 0.420. The Morgan fingerprint density at radius 1 is 1.30 bits per heavy atom. The summed E-state index contributed by atoms with van der Waals surface area (Å²) in [5, 5.41) is 0. The third-order valence-electron chi connectivity index (χ3n) is 6.03. The fourth-order valence-corrected chi connectivity index (χ4v) is 4.67. The fraction of sp³-hybridized carbons (Fsp3) is 0.545. The summed E-state index contributed by atoms with van der Waals surface area (Å²) in [5.41, 5.74) is 1.35. The van der Waals surface area contributed by atoms with Gasteiger partial charge < -0.3 is 14.4 Å². The van der Waals surface area contributed by atoms with E-state index >= 15 is 0 Å². The summed E-state index contributed by atoms with van der Waals surface area (Å²) in [6.45, 7) is 5.06. The molecule has 27 heavy (non-hydrogen) atoms. The first-order chi connectivity index (χ1) is 13.1. The van der Waals surface area contributed by atoms with E-state index in [1.807, 2.05) is 36.4 Å². The average molecular weight is 369 g/mol. The van der Waals surface area contributed by atoms with Crippen LogP contribution in [0.1, 0.15) is 38.7 Å². The van der Waals surface area contributed by atoms with Gasteiger partial charge in [0.1, 0.15) is 11.5 Å². The van der Waals surface area contributed by atoms with Crippen LogP contribution in [0, 0.1) is 11.8 Å². The van der Waals surface area contributed by atoms with Crippen LogP contribution in [-0.2, 0) is 25.5 Å². The first kappa shape index (κ1) is 18.2. The minimum absolute atomic E-state index is 0.0294. The first-order valence-electron chi connectivity index (χ1n) is 10.0. The van der Waals surface area contributed by atoms with Crippen LogP contribution >= 0.6 is 0 Å². The number of fused-ring (bicyclic) bond motifs is 1. The van der Waals surface area contributed by atoms with Gasteiger partial charge in [0.25, 0.3) is 0 Å². The zero-order chi connectivity index (χ0) is 19.0. The molecule has 1 spiro atoms. The molecular weight excluding hydrogens is 342 g/mol. The van der Waals surface area contributed by atoms with Crippen molar-refractivity contribution in [2.45, 2.75) is 51.2 Å². The lowest BCUT2D eigenvalue weighted by Crippen LogP contribution is -2.40. The van der Waals surface area contributed by atoms with Crippen molar-refractivity contribution >= 4 is 17.6 Å². The molecule has 0 radical (unpaired) electrons. The van der Waals surface area contributed by atoms with Gasteiger partial charge in [-0.05, 0) is 24.5 Å². The van der Waals surface area contributed by atoms with Crippen molar-refractivity contribution in [2.75, 3.05) is 18.1 Å². The van der Waals surface area contributed by atoms with E-state index in [-0.39, 0.29) is 18.0 Å². The number of esters is 1. The highest BCUT2D eigenvalue weighted by atomic mass is 16.6. The van der Waals surface area contributed by atoms with Gasteiger partial charge in [0.05, 0.1) is 25.2 Å². The molecule has 0 unspecified atom stereocenters. The maximum atomic E-state index is 13.3. The number of rotatable bonds is 7. The Morgan fingerprint density at radius 3 is 2.89 bits per heavy atom. The van der Waals surface area contributed by atoms with Crippen LogP contribution in [0.4, 0.5) is 5.69 Å². The largest absolute Gasteiger partial charge is 0.465 e. The van der Waals surface area contributed by atoms with Crippen LogP contribution in [0.5, 0.6) is 0 Å². The molecule has 1 aromatic carbocycles. The highest BCUT2D eigenvalue weighted by molar-refractivity contribution is 6.03. The van der Waals surface area contributed by atoms with Gasteiger partial charge in [-0.1, -0.05) is 57.0 Å². The van der Waals surface area contributed by atoms with Crippen LogP contribution in [0.2, 0.25) is 0 Å². The van der Waals surface area contributed by atoms with Crippen LogP contribution in [-0.4, -0.2) is 36.7 Å². The second-order valence-corrected chi connectivity index (χ2v) is 7.68. The van der Waals surface area contributed by atoms with E-state index in [9.17, 15) is 9.59 Å². The van der Waals surface area contributed by atoms with Crippen LogP contribution < -0.4 is 4.90 Å². The van der Waals surface area contributed by atoms with E-state index in [4.69, 9.17) is 9.47 Å². The number of hydrogen-bond donors (Lipinski definition) is 0. The van der Waals surface area contributed by atoms with Gasteiger partial charge in [-0.3, -0.25) is 9.59 Å². The zero-order valence-electron chi connectivity index (χ0n) is 16.0. The third-order valence-corrected chi connectivity index (χ3v) is 6.03. The number of para-hydroxylation sites is 1. The van der Waals surface area contributed by atoms with E-state index in [0.29, 0.717) is 13.2 Å². The summed E-state index contributed by atoms with van der Waals surface area (Å²) in [4.78, 5) is 27.9. The van der Waals surface area contributed by atoms with E-state index in [1.165, 1.54) is 0 Å². The van der Waals surface area contributed by atoms with Crippen molar-refractivity contribution in [3.63, 3.8) is 0 Å². The van der Waals surface area contributed by atoms with Gasteiger partial charge >= 0.3 is 5.97 Å². The van der Waals surface area contributed by atoms with Crippen molar-refractivity contribution in [1.82, 2.24) is 0 Å². The predicted octanol–water partition coefficient (Wildman–Crippen LogP) is 3.27. The SMILES string of the molecule is CCCCCOC(=O)[C@H]1[C@H]2C(=O)N(c3ccccc3CC)C[C@]23C=C[C@H]1O3. The molecule has 4 atom stereocenters. The van der Waals surface area contributed by atoms with E-state index in [0.717, 1.165) is 36.9 Å². The molecular formula is C22H27NO4. The number of nitrogens with zero attached hydrogens (tertiary/aromatic N) is 1. The van der Waals surface area contributed by atoms with Crippen molar-refractivity contribution in [3.8, 4) is 0 Å². The number of unbranched alkanes of at least 4 members (excludes halogenated alkanes) is 2. The molecule has 3 aliphatic heterocycles. The van der Waals surface area contributed by atoms with Crippen LogP contribution in [0.25, 0.3) is 0 Å². The lowest BCUT2D eigenvalue weighted by atomic mass is 9.77. The van der Waals surface area contributed by atoms with E-state index in [1.54, 1.807) is 4.90 Å². The molecule has 2 fully saturated rings. The fourth-order valence-electron chi connectivity index (χ4n) is 4.67. The van der Waals surface area contributed by atoms with Gasteiger partial charge in [-0.15, -0.1) is 0 Å². The summed E-state index contributed by atoms with van der Waals surface area (Å²) in [7, 11) is 0. The van der Waals surface area contributed by atoms with Gasteiger partial charge in [-0.2, -0.15) is 0 Å². The lowest BCUT2D eigenvalue weighted by molar-refractivity contribution is -0.152. The molecule has 0 N–H and O–H groups in total. The van der Waals surface area contributed by atoms with Gasteiger partial charge in [-0.25, -0.2) is 0 Å². The molecule has 0 aromatic heterocycles. The molecule has 0 saturated carbocycles. The monoisotopic (exact) mass is 369 g/mol. The molecule has 1 amide bonds. The number of carbonyl (C=O) groups is 2. The summed E-state index contributed by atoms with van der Waals surface area (Å²) >= 11 is 0. The highest BCUT2D eigenvalue weighted by Crippen LogP contribution is 2.53. The van der Waals surface area contributed by atoms with Crippen LogP contribution in [0.3, 0.4) is 0 Å². The third kappa shape index (κ3) is 2.89. The minimum Gasteiger partial charge on any atom is -0.465 e. The normalized spacial score (nSPS) is 30.8. The molecule has 2 bridgehead atoms. The molecule has 3 aliphatic rings. The van der Waals surface area contributed by atoms with Crippen molar-refractivity contribution < 1.29 is 19.1 Å². The second-order valence-electron chi connectivity index (χ2n) is 7.68. The zero-order valence-corrected chi connectivity index (χ0v) is 16.0. The Morgan fingerprint density at radius 2 is 2.11 bits per heavy atom. The van der Waals surface area contributed by atoms with Crippen molar-refractivity contribution in [2.24, 2.45) is 11.8 Å². The average Bonchev–Trinajstić information content (AvgIpc) is 3.33. The summed E-state index contributed by atoms with van der Waals surface area (Å²) in [5.74, 6) is -1.36. The maximum absolute atomic E-state index is 13.3. The summed E-state index contributed by atoms with van der Waals surface area (Å²) in [6, 6.07) is 7.95. The number of benzene rings is 1. The number of carbonyl (C=O) groups excluding carboxylic acids is 2. The standard InChI is InChI=1S/C22H27NO4/c1-3-5-8-13-26-21(25)18-17-11-12-22(27-17)14-23(20(24)19(18)22)16-10-7-6-9-15(16)4-2/h6-7,9-12,17-19H,3-5,8,13-14H2,1-2H3/t17-,18-,19+,22-/m1/s1. The Kier molecular flexibility index (Phi) is 4.81. The molecule has 1 aromatic rings. The number of aryl methyl sites for hydroxylation is 1. The van der Waals surface area contributed by atoms with Gasteiger partial charge in [0.2, 0.25) is 5.91 Å². The van der Waals surface area contributed by atoms with E-state index in [2.05, 4.69) is 13.8 Å². The van der Waals surface area contributed by atoms with Crippen molar-refractivity contribution in [1.29, 1.82) is 0 Å². The molecule has 3 heterocycles. The Labute approximate surface area is 160 Å². The summed E-state index contributed by atoms with van der Waals surface area (Å²) in [6.07, 6.45) is 7.38. The Balaban J connectivity index is 1.57. The maximum Gasteiger partial charge on any atom is 0.312 e. The van der Waals surface area contributed by atoms with Crippen LogP contribution in [0.15, 0.2) is 36.4 Å². The van der Waals surface area contributed by atoms with Gasteiger partial charge in [0, 0.05) is 5.69 Å². The Bertz CT molecular complexity index is 773. The number of ether oxygens (including phenoxy) is 2. The summed E-state index contributed by atoms with van der Waals surface area (Å²) < 4.78 is 11.7. The Hall–Kier alpha value is -2.14. The number of amides is 1. The smallest absolute Gasteiger partial charge is 0.312 e. The molecule has 144 valence electrons. The predicted molar refractivity (Wildman–Crippen MR) is 102 cm³/mol. The molecule has 0 aliphatic carbocycles. The second kappa shape index (κ2) is 7.12. The van der Waals surface area contributed by atoms with Crippen molar-refractivity contribution in [3.05, 3.63) is 42.0 Å². The number of hydrogen-bond acceptors (Lipinski definition) is 4.